The normalized spacial score (nSPS) is 10.7. The summed E-state index contributed by atoms with van der Waals surface area (Å²) >= 11 is 0. The molecule has 0 radical (unpaired) electrons. The summed E-state index contributed by atoms with van der Waals surface area (Å²) in [6.07, 6.45) is 0.707. The van der Waals surface area contributed by atoms with Crippen molar-refractivity contribution in [2.75, 3.05) is 12.3 Å². The maximum atomic E-state index is 12.8. The molecule has 1 heterocycles. The van der Waals surface area contributed by atoms with E-state index in [1.165, 1.54) is 12.1 Å². The molecule has 0 aliphatic carbocycles. The van der Waals surface area contributed by atoms with Gasteiger partial charge in [-0.05, 0) is 35.9 Å². The van der Waals surface area contributed by atoms with E-state index in [0.29, 0.717) is 24.6 Å². The van der Waals surface area contributed by atoms with Crippen LogP contribution in [0.1, 0.15) is 5.56 Å². The van der Waals surface area contributed by atoms with E-state index < -0.39 is 0 Å². The van der Waals surface area contributed by atoms with Gasteiger partial charge in [-0.25, -0.2) is 9.37 Å². The van der Waals surface area contributed by atoms with Gasteiger partial charge in [-0.3, -0.25) is 0 Å². The van der Waals surface area contributed by atoms with Gasteiger partial charge in [0.2, 0.25) is 0 Å². The third-order valence-electron chi connectivity index (χ3n) is 3.27. The molecule has 0 unspecified atom stereocenters. The Morgan fingerprint density at radius 2 is 1.81 bits per heavy atom. The number of nitrogens with zero attached hydrogens (tertiary/aromatic N) is 1. The van der Waals surface area contributed by atoms with Crippen molar-refractivity contribution in [3.63, 3.8) is 0 Å². The molecule has 0 spiro atoms. The zero-order chi connectivity index (χ0) is 14.7. The molecular weight excluding hydrogens is 267 g/mol. The lowest BCUT2D eigenvalue weighted by Gasteiger charge is -2.09. The first-order chi connectivity index (χ1) is 10.2. The number of para-hydroxylation sites is 1. The second-order valence-corrected chi connectivity index (χ2v) is 4.79. The summed E-state index contributed by atoms with van der Waals surface area (Å²) in [5, 5.41) is 0.989. The van der Waals surface area contributed by atoms with Gasteiger partial charge in [0.1, 0.15) is 22.9 Å². The fourth-order valence-corrected chi connectivity index (χ4v) is 2.18. The molecule has 0 fully saturated rings. The predicted molar refractivity (Wildman–Crippen MR) is 81.8 cm³/mol. The number of hydrogen-bond acceptors (Lipinski definition) is 3. The van der Waals surface area contributed by atoms with Crippen LogP contribution < -0.4 is 10.5 Å². The molecule has 0 aliphatic rings. The van der Waals surface area contributed by atoms with E-state index in [1.54, 1.807) is 18.2 Å². The molecular formula is C17H15FN2O. The van der Waals surface area contributed by atoms with Gasteiger partial charge in [-0.1, -0.05) is 24.3 Å². The smallest absolute Gasteiger partial charge is 0.145 e. The number of hydrogen-bond donors (Lipinski definition) is 1. The average molecular weight is 282 g/mol. The topological polar surface area (TPSA) is 48.1 Å². The predicted octanol–water partition coefficient (Wildman–Crippen LogP) is 3.58. The number of benzene rings is 2. The van der Waals surface area contributed by atoms with Crippen LogP contribution in [-0.2, 0) is 6.42 Å². The highest BCUT2D eigenvalue weighted by Gasteiger charge is 2.04. The van der Waals surface area contributed by atoms with E-state index in [2.05, 4.69) is 4.98 Å². The molecule has 0 aliphatic heterocycles. The zero-order valence-electron chi connectivity index (χ0n) is 11.4. The highest BCUT2D eigenvalue weighted by Crippen LogP contribution is 2.24. The monoisotopic (exact) mass is 282 g/mol. The molecule has 0 saturated heterocycles. The van der Waals surface area contributed by atoms with Gasteiger partial charge in [0, 0.05) is 11.8 Å². The maximum absolute atomic E-state index is 12.8. The Labute approximate surface area is 122 Å². The Balaban J connectivity index is 1.73. The van der Waals surface area contributed by atoms with Crippen LogP contribution in [0.4, 0.5) is 10.2 Å². The van der Waals surface area contributed by atoms with Crippen LogP contribution in [0, 0.1) is 5.82 Å². The lowest BCUT2D eigenvalue weighted by atomic mass is 10.1. The molecule has 3 rings (SSSR count). The molecule has 3 nitrogen and oxygen atoms in total. The summed E-state index contributed by atoms with van der Waals surface area (Å²) in [5.74, 6) is 0.951. The van der Waals surface area contributed by atoms with Crippen molar-refractivity contribution < 1.29 is 9.13 Å². The first-order valence-electron chi connectivity index (χ1n) is 6.75. The fraction of sp³-hybridized carbons (Fsp3) is 0.118. The minimum Gasteiger partial charge on any atom is -0.491 e. The second kappa shape index (κ2) is 5.79. The highest BCUT2D eigenvalue weighted by molar-refractivity contribution is 5.85. The molecule has 0 atom stereocenters. The summed E-state index contributed by atoms with van der Waals surface area (Å²) < 4.78 is 18.6. The van der Waals surface area contributed by atoms with Crippen molar-refractivity contribution in [3.05, 3.63) is 66.0 Å². The molecule has 3 aromatic rings. The van der Waals surface area contributed by atoms with Crippen LogP contribution >= 0.6 is 0 Å². The van der Waals surface area contributed by atoms with Crippen molar-refractivity contribution in [3.8, 4) is 5.75 Å². The molecule has 106 valence electrons. The standard InChI is InChI=1S/C17H15FN2O/c18-14-7-4-12(5-8-14)10-11-21-15-3-1-2-13-6-9-16(19)20-17(13)15/h1-9H,10-11H2,(H2,19,20). The summed E-state index contributed by atoms with van der Waals surface area (Å²) in [7, 11) is 0. The Bertz CT molecular complexity index is 756. The number of nitrogen functional groups attached to an aromatic ring is 1. The van der Waals surface area contributed by atoms with Gasteiger partial charge < -0.3 is 10.5 Å². The SMILES string of the molecule is Nc1ccc2cccc(OCCc3ccc(F)cc3)c2n1. The van der Waals surface area contributed by atoms with Gasteiger partial charge in [0.15, 0.2) is 0 Å². The number of nitrogens with two attached hydrogens (primary N) is 1. The Kier molecular flexibility index (Phi) is 3.69. The molecule has 0 bridgehead atoms. The summed E-state index contributed by atoms with van der Waals surface area (Å²) in [6, 6.07) is 15.9. The molecule has 2 N–H and O–H groups in total. The lowest BCUT2D eigenvalue weighted by molar-refractivity contribution is 0.325. The molecule has 2 aromatic carbocycles. The van der Waals surface area contributed by atoms with Crippen LogP contribution in [0.5, 0.6) is 5.75 Å². The lowest BCUT2D eigenvalue weighted by Crippen LogP contribution is -2.02. The van der Waals surface area contributed by atoms with Gasteiger partial charge in [0.25, 0.3) is 0 Å². The number of ether oxygens (including phenoxy) is 1. The minimum absolute atomic E-state index is 0.228. The van der Waals surface area contributed by atoms with E-state index in [1.807, 2.05) is 24.3 Å². The van der Waals surface area contributed by atoms with Crippen LogP contribution in [-0.4, -0.2) is 11.6 Å². The molecule has 21 heavy (non-hydrogen) atoms. The second-order valence-electron chi connectivity index (χ2n) is 4.79. The summed E-state index contributed by atoms with van der Waals surface area (Å²) in [4.78, 5) is 4.32. The van der Waals surface area contributed by atoms with Crippen molar-refractivity contribution in [2.45, 2.75) is 6.42 Å². The number of rotatable bonds is 4. The number of pyridine rings is 1. The maximum Gasteiger partial charge on any atom is 0.145 e. The third kappa shape index (κ3) is 3.11. The Morgan fingerprint density at radius 3 is 2.62 bits per heavy atom. The van der Waals surface area contributed by atoms with E-state index in [-0.39, 0.29) is 5.82 Å². The molecule has 0 saturated carbocycles. The van der Waals surface area contributed by atoms with Crippen LogP contribution in [0.2, 0.25) is 0 Å². The van der Waals surface area contributed by atoms with Crippen LogP contribution in [0.15, 0.2) is 54.6 Å². The van der Waals surface area contributed by atoms with E-state index in [4.69, 9.17) is 10.5 Å². The minimum atomic E-state index is -0.228. The van der Waals surface area contributed by atoms with E-state index >= 15 is 0 Å². The van der Waals surface area contributed by atoms with Gasteiger partial charge >= 0.3 is 0 Å². The largest absolute Gasteiger partial charge is 0.491 e. The number of fused-ring (bicyclic) bond motifs is 1. The third-order valence-corrected chi connectivity index (χ3v) is 3.27. The molecule has 4 heteroatoms. The van der Waals surface area contributed by atoms with E-state index in [9.17, 15) is 4.39 Å². The number of anilines is 1. The van der Waals surface area contributed by atoms with E-state index in [0.717, 1.165) is 16.5 Å². The Hall–Kier alpha value is -2.62. The first-order valence-corrected chi connectivity index (χ1v) is 6.75. The van der Waals surface area contributed by atoms with Crippen molar-refractivity contribution in [1.29, 1.82) is 0 Å². The molecule has 1 aromatic heterocycles. The summed E-state index contributed by atoms with van der Waals surface area (Å²) in [6.45, 7) is 0.501. The van der Waals surface area contributed by atoms with Crippen molar-refractivity contribution in [2.24, 2.45) is 0 Å². The number of aromatic nitrogens is 1. The van der Waals surface area contributed by atoms with Crippen LogP contribution in [0.25, 0.3) is 10.9 Å². The first kappa shape index (κ1) is 13.4. The quantitative estimate of drug-likeness (QED) is 0.795. The van der Waals surface area contributed by atoms with Gasteiger partial charge in [-0.2, -0.15) is 0 Å². The highest BCUT2D eigenvalue weighted by atomic mass is 19.1. The van der Waals surface area contributed by atoms with Gasteiger partial charge in [-0.15, -0.1) is 0 Å². The number of halogens is 1. The molecule has 0 amide bonds. The van der Waals surface area contributed by atoms with Crippen molar-refractivity contribution >= 4 is 16.7 Å². The zero-order valence-corrected chi connectivity index (χ0v) is 11.4. The van der Waals surface area contributed by atoms with Gasteiger partial charge in [0.05, 0.1) is 6.61 Å². The summed E-state index contributed by atoms with van der Waals surface area (Å²) in [5.41, 5.74) is 7.52. The van der Waals surface area contributed by atoms with Crippen molar-refractivity contribution in [1.82, 2.24) is 4.98 Å². The van der Waals surface area contributed by atoms with Crippen LogP contribution in [0.3, 0.4) is 0 Å². The fourth-order valence-electron chi connectivity index (χ4n) is 2.18. The Morgan fingerprint density at radius 1 is 1.00 bits per heavy atom. The average Bonchev–Trinajstić information content (AvgIpc) is 2.50.